The molecule has 6 heteroatoms. The second-order valence-corrected chi connectivity index (χ2v) is 6.96. The van der Waals surface area contributed by atoms with Gasteiger partial charge < -0.3 is 14.9 Å². The van der Waals surface area contributed by atoms with E-state index in [-0.39, 0.29) is 5.56 Å². The van der Waals surface area contributed by atoms with Crippen molar-refractivity contribution in [1.29, 1.82) is 0 Å². The monoisotopic (exact) mass is 337 g/mol. The number of fused-ring (bicyclic) bond motifs is 1. The van der Waals surface area contributed by atoms with E-state index in [0.717, 1.165) is 42.7 Å². The molecule has 3 aromatic rings. The molecule has 3 heterocycles. The van der Waals surface area contributed by atoms with Gasteiger partial charge in [-0.3, -0.25) is 4.79 Å². The minimum atomic E-state index is -0.0815. The van der Waals surface area contributed by atoms with E-state index >= 15 is 0 Å². The molecule has 6 nitrogen and oxygen atoms in total. The van der Waals surface area contributed by atoms with E-state index in [4.69, 9.17) is 4.98 Å². The first-order chi connectivity index (χ1) is 12.1. The van der Waals surface area contributed by atoms with Gasteiger partial charge in [-0.1, -0.05) is 0 Å². The van der Waals surface area contributed by atoms with Crippen molar-refractivity contribution in [3.63, 3.8) is 0 Å². The van der Waals surface area contributed by atoms with Crippen LogP contribution in [0.2, 0.25) is 0 Å². The number of piperidine rings is 1. The van der Waals surface area contributed by atoms with Gasteiger partial charge in [0.15, 0.2) is 0 Å². The minimum absolute atomic E-state index is 0.0815. The lowest BCUT2D eigenvalue weighted by atomic mass is 9.96. The quantitative estimate of drug-likeness (QED) is 0.769. The molecule has 1 saturated heterocycles. The van der Waals surface area contributed by atoms with Crippen LogP contribution in [0.4, 0.5) is 0 Å². The van der Waals surface area contributed by atoms with Crippen LogP contribution in [0.3, 0.4) is 0 Å². The Kier molecular flexibility index (Phi) is 4.13. The zero-order valence-corrected chi connectivity index (χ0v) is 14.7. The Hall–Kier alpha value is -2.47. The number of aromatic amines is 1. The highest BCUT2D eigenvalue weighted by molar-refractivity contribution is 5.77. The van der Waals surface area contributed by atoms with E-state index in [9.17, 15) is 4.79 Å². The Bertz CT molecular complexity index is 966. The van der Waals surface area contributed by atoms with Crippen molar-refractivity contribution >= 4 is 11.0 Å². The van der Waals surface area contributed by atoms with Gasteiger partial charge in [-0.25, -0.2) is 9.97 Å². The van der Waals surface area contributed by atoms with Crippen LogP contribution >= 0.6 is 0 Å². The summed E-state index contributed by atoms with van der Waals surface area (Å²) in [4.78, 5) is 24.2. The van der Waals surface area contributed by atoms with Crippen LogP contribution in [0.25, 0.3) is 11.0 Å². The topological polar surface area (TPSA) is 75.6 Å². The third kappa shape index (κ3) is 3.22. The molecule has 2 aromatic heterocycles. The first-order valence-electron chi connectivity index (χ1n) is 8.83. The molecule has 130 valence electrons. The molecule has 0 bridgehead atoms. The first-order valence-corrected chi connectivity index (χ1v) is 8.83. The second kappa shape index (κ2) is 6.44. The lowest BCUT2D eigenvalue weighted by molar-refractivity contribution is 0.452. The van der Waals surface area contributed by atoms with Crippen molar-refractivity contribution in [3.05, 3.63) is 57.5 Å². The number of rotatable bonds is 3. The van der Waals surface area contributed by atoms with E-state index < -0.39 is 0 Å². The minimum Gasteiger partial charge on any atom is -0.323 e. The fraction of sp³-hybridized carbons (Fsp3) is 0.421. The molecule has 0 radical (unpaired) electrons. The highest BCUT2D eigenvalue weighted by Gasteiger charge is 2.18. The molecule has 0 spiro atoms. The summed E-state index contributed by atoms with van der Waals surface area (Å²) in [5.74, 6) is 1.00. The van der Waals surface area contributed by atoms with Gasteiger partial charge in [-0.15, -0.1) is 0 Å². The molecule has 1 aliphatic heterocycles. The lowest BCUT2D eigenvalue weighted by Crippen LogP contribution is -2.30. The normalized spacial score (nSPS) is 17.9. The van der Waals surface area contributed by atoms with Crippen LogP contribution in [-0.4, -0.2) is 32.6 Å². The molecule has 2 N–H and O–H groups in total. The fourth-order valence-electron chi connectivity index (χ4n) is 3.52. The number of imidazole rings is 1. The molecule has 1 atom stereocenters. The third-order valence-electron chi connectivity index (χ3n) is 5.08. The molecule has 4 rings (SSSR count). The molecular formula is C19H23N5O. The summed E-state index contributed by atoms with van der Waals surface area (Å²) in [5, 5.41) is 3.39. The van der Waals surface area contributed by atoms with Crippen molar-refractivity contribution in [2.75, 3.05) is 13.1 Å². The Labute approximate surface area is 146 Å². The summed E-state index contributed by atoms with van der Waals surface area (Å²) >= 11 is 0. The average Bonchev–Trinajstić information content (AvgIpc) is 2.97. The number of hydrogen-bond donors (Lipinski definition) is 2. The molecular weight excluding hydrogens is 314 g/mol. The van der Waals surface area contributed by atoms with Gasteiger partial charge >= 0.3 is 0 Å². The maximum atomic E-state index is 12.1. The number of aryl methyl sites for hydroxylation is 2. The maximum absolute atomic E-state index is 12.1. The van der Waals surface area contributed by atoms with Gasteiger partial charge in [-0.05, 0) is 56.5 Å². The zero-order valence-electron chi connectivity index (χ0n) is 14.7. The molecule has 0 aliphatic carbocycles. The summed E-state index contributed by atoms with van der Waals surface area (Å²) < 4.78 is 2.04. The smallest absolute Gasteiger partial charge is 0.251 e. The van der Waals surface area contributed by atoms with Crippen molar-refractivity contribution in [1.82, 2.24) is 24.8 Å². The Balaban J connectivity index is 1.68. The fourth-order valence-corrected chi connectivity index (χ4v) is 3.52. The van der Waals surface area contributed by atoms with Crippen molar-refractivity contribution in [2.24, 2.45) is 0 Å². The highest BCUT2D eigenvalue weighted by atomic mass is 16.1. The Morgan fingerprint density at radius 3 is 2.88 bits per heavy atom. The number of aromatic nitrogens is 4. The van der Waals surface area contributed by atoms with E-state index in [1.54, 1.807) is 6.07 Å². The molecule has 0 saturated carbocycles. The summed E-state index contributed by atoms with van der Waals surface area (Å²) in [6.07, 6.45) is 4.02. The molecule has 25 heavy (non-hydrogen) atoms. The number of benzene rings is 1. The number of nitrogens with zero attached hydrogens (tertiary/aromatic N) is 3. The summed E-state index contributed by atoms with van der Waals surface area (Å²) in [5.41, 5.74) is 5.31. The summed E-state index contributed by atoms with van der Waals surface area (Å²) in [6.45, 7) is 6.65. The molecule has 0 amide bonds. The predicted molar refractivity (Wildman–Crippen MR) is 98.0 cm³/mol. The van der Waals surface area contributed by atoms with Crippen molar-refractivity contribution in [2.45, 2.75) is 39.2 Å². The van der Waals surface area contributed by atoms with Crippen LogP contribution in [0.5, 0.6) is 0 Å². The summed E-state index contributed by atoms with van der Waals surface area (Å²) in [7, 11) is 0. The summed E-state index contributed by atoms with van der Waals surface area (Å²) in [6, 6.07) is 5.88. The molecule has 1 unspecified atom stereocenters. The van der Waals surface area contributed by atoms with Crippen LogP contribution in [-0.2, 0) is 6.54 Å². The number of hydrogen-bond acceptors (Lipinski definition) is 4. The largest absolute Gasteiger partial charge is 0.323 e. The van der Waals surface area contributed by atoms with Crippen LogP contribution < -0.4 is 10.9 Å². The van der Waals surface area contributed by atoms with Gasteiger partial charge in [0.25, 0.3) is 5.56 Å². The van der Waals surface area contributed by atoms with E-state index in [2.05, 4.69) is 41.3 Å². The average molecular weight is 337 g/mol. The molecule has 1 aliphatic rings. The number of H-pyrrole nitrogens is 1. The van der Waals surface area contributed by atoms with Crippen LogP contribution in [0, 0.1) is 13.8 Å². The number of nitrogens with one attached hydrogen (secondary N) is 2. The van der Waals surface area contributed by atoms with Gasteiger partial charge in [0.1, 0.15) is 5.82 Å². The van der Waals surface area contributed by atoms with Crippen LogP contribution in [0.15, 0.2) is 29.3 Å². The van der Waals surface area contributed by atoms with Crippen LogP contribution in [0.1, 0.15) is 41.4 Å². The third-order valence-corrected chi connectivity index (χ3v) is 5.08. The predicted octanol–water partition coefficient (Wildman–Crippen LogP) is 2.25. The van der Waals surface area contributed by atoms with Gasteiger partial charge in [-0.2, -0.15) is 0 Å². The molecule has 1 aromatic carbocycles. The standard InChI is InChI=1S/C19H23N5O/c1-12-6-16-17(7-13(12)2)24(11-21-16)10-18-22-15(8-19(25)23-18)14-4-3-5-20-9-14/h6-8,11,14,20H,3-5,9-10H2,1-2H3,(H,22,23,25). The second-order valence-electron chi connectivity index (χ2n) is 6.96. The van der Waals surface area contributed by atoms with E-state index in [1.165, 1.54) is 11.1 Å². The zero-order chi connectivity index (χ0) is 17.4. The van der Waals surface area contributed by atoms with Gasteiger partial charge in [0.05, 0.1) is 29.6 Å². The SMILES string of the molecule is Cc1cc2ncn(Cc3nc(C4CCCNC4)cc(=O)[nH]3)c2cc1C. The Morgan fingerprint density at radius 2 is 2.08 bits per heavy atom. The van der Waals surface area contributed by atoms with E-state index in [0.29, 0.717) is 18.3 Å². The Morgan fingerprint density at radius 1 is 1.24 bits per heavy atom. The van der Waals surface area contributed by atoms with Crippen molar-refractivity contribution in [3.8, 4) is 0 Å². The first kappa shape index (κ1) is 16.0. The van der Waals surface area contributed by atoms with Gasteiger partial charge in [0, 0.05) is 18.5 Å². The van der Waals surface area contributed by atoms with E-state index in [1.807, 2.05) is 10.9 Å². The molecule has 1 fully saturated rings. The maximum Gasteiger partial charge on any atom is 0.251 e. The van der Waals surface area contributed by atoms with Gasteiger partial charge in [0.2, 0.25) is 0 Å². The van der Waals surface area contributed by atoms with Crippen molar-refractivity contribution < 1.29 is 0 Å². The lowest BCUT2D eigenvalue weighted by Gasteiger charge is -2.22. The highest BCUT2D eigenvalue weighted by Crippen LogP contribution is 2.21.